The number of hydrogen-bond acceptors (Lipinski definition) is 2. The molecule has 0 saturated carbocycles. The van der Waals surface area contributed by atoms with E-state index in [-0.39, 0.29) is 5.75 Å². The van der Waals surface area contributed by atoms with Gasteiger partial charge in [0.25, 0.3) is 0 Å². The maximum absolute atomic E-state index is 12.1. The highest BCUT2D eigenvalue weighted by Gasteiger charge is 2.03. The van der Waals surface area contributed by atoms with Crippen molar-refractivity contribution in [1.82, 2.24) is 0 Å². The van der Waals surface area contributed by atoms with Crippen LogP contribution in [0.4, 0.5) is 5.69 Å². The van der Waals surface area contributed by atoms with Crippen LogP contribution in [-0.2, 0) is 6.54 Å². The largest absolute Gasteiger partial charge is 0.872 e. The van der Waals surface area contributed by atoms with Gasteiger partial charge in [0.15, 0.2) is 0 Å². The highest BCUT2D eigenvalue weighted by molar-refractivity contribution is 5.57. The van der Waals surface area contributed by atoms with Crippen molar-refractivity contribution < 1.29 is 5.11 Å². The fourth-order valence-corrected chi connectivity index (χ4v) is 2.45. The van der Waals surface area contributed by atoms with E-state index in [2.05, 4.69) is 31.3 Å². The lowest BCUT2D eigenvalue weighted by atomic mass is 10.0. The normalized spacial score (nSPS) is 10.5. The van der Waals surface area contributed by atoms with Crippen LogP contribution in [0, 0.1) is 27.7 Å². The summed E-state index contributed by atoms with van der Waals surface area (Å²) in [6, 6.07) is 10.1. The Kier molecular flexibility index (Phi) is 3.79. The molecule has 0 heterocycles. The third-order valence-electron chi connectivity index (χ3n) is 3.43. The van der Waals surface area contributed by atoms with Crippen molar-refractivity contribution >= 4 is 5.69 Å². The zero-order chi connectivity index (χ0) is 14.0. The molecule has 19 heavy (non-hydrogen) atoms. The van der Waals surface area contributed by atoms with Crippen LogP contribution in [0.3, 0.4) is 0 Å². The first kappa shape index (κ1) is 13.5. The molecule has 0 fully saturated rings. The first-order chi connectivity index (χ1) is 8.99. The lowest BCUT2D eigenvalue weighted by molar-refractivity contribution is -0.270. The molecule has 1 N–H and O–H groups in total. The van der Waals surface area contributed by atoms with Crippen molar-refractivity contribution in [1.29, 1.82) is 0 Å². The van der Waals surface area contributed by atoms with E-state index in [4.69, 9.17) is 0 Å². The van der Waals surface area contributed by atoms with Gasteiger partial charge in [0.1, 0.15) is 0 Å². The second-order valence-electron chi connectivity index (χ2n) is 5.19. The van der Waals surface area contributed by atoms with Crippen molar-refractivity contribution in [3.63, 3.8) is 0 Å². The van der Waals surface area contributed by atoms with Gasteiger partial charge in [-0.2, -0.15) is 0 Å². The molecular weight excluding hydrogens is 234 g/mol. The Morgan fingerprint density at radius 1 is 0.947 bits per heavy atom. The lowest BCUT2D eigenvalue weighted by Crippen LogP contribution is -2.07. The van der Waals surface area contributed by atoms with Gasteiger partial charge in [-0.1, -0.05) is 41.5 Å². The van der Waals surface area contributed by atoms with Crippen LogP contribution in [0.15, 0.2) is 30.3 Å². The monoisotopic (exact) mass is 254 g/mol. The lowest BCUT2D eigenvalue weighted by Gasteiger charge is -2.20. The fraction of sp³-hybridized carbons (Fsp3) is 0.294. The van der Waals surface area contributed by atoms with E-state index in [0.29, 0.717) is 6.54 Å². The third-order valence-corrected chi connectivity index (χ3v) is 3.43. The minimum Gasteiger partial charge on any atom is -0.872 e. The minimum atomic E-state index is 0.143. The molecule has 0 bridgehead atoms. The van der Waals surface area contributed by atoms with E-state index < -0.39 is 0 Å². The predicted molar refractivity (Wildman–Crippen MR) is 78.6 cm³/mol. The molecule has 100 valence electrons. The minimum absolute atomic E-state index is 0.143. The average Bonchev–Trinajstić information content (AvgIpc) is 2.34. The second kappa shape index (κ2) is 5.35. The quantitative estimate of drug-likeness (QED) is 0.908. The van der Waals surface area contributed by atoms with E-state index in [9.17, 15) is 5.11 Å². The van der Waals surface area contributed by atoms with Crippen LogP contribution in [-0.4, -0.2) is 0 Å². The summed E-state index contributed by atoms with van der Waals surface area (Å²) in [5.41, 5.74) is 6.32. The van der Waals surface area contributed by atoms with Crippen LogP contribution in [0.1, 0.15) is 27.8 Å². The zero-order valence-corrected chi connectivity index (χ0v) is 12.0. The van der Waals surface area contributed by atoms with Crippen molar-refractivity contribution in [2.45, 2.75) is 34.2 Å². The van der Waals surface area contributed by atoms with Crippen LogP contribution in [0.2, 0.25) is 0 Å². The summed E-state index contributed by atoms with van der Waals surface area (Å²) in [4.78, 5) is 0. The van der Waals surface area contributed by atoms with Gasteiger partial charge in [-0.05, 0) is 44.4 Å². The molecule has 0 aromatic heterocycles. The van der Waals surface area contributed by atoms with Gasteiger partial charge in [-0.3, -0.25) is 0 Å². The molecule has 0 aliphatic carbocycles. The summed E-state index contributed by atoms with van der Waals surface area (Å²) in [7, 11) is 0. The number of para-hydroxylation sites is 1. The molecule has 0 saturated heterocycles. The maximum atomic E-state index is 12.1. The number of aryl methyl sites for hydroxylation is 4. The van der Waals surface area contributed by atoms with Gasteiger partial charge in [0.2, 0.25) is 0 Å². The Morgan fingerprint density at radius 2 is 1.58 bits per heavy atom. The average molecular weight is 254 g/mol. The van der Waals surface area contributed by atoms with Gasteiger partial charge in [0, 0.05) is 12.2 Å². The van der Waals surface area contributed by atoms with Gasteiger partial charge >= 0.3 is 0 Å². The summed E-state index contributed by atoms with van der Waals surface area (Å²) in [5.74, 6) is 0.143. The highest BCUT2D eigenvalue weighted by Crippen LogP contribution is 2.24. The van der Waals surface area contributed by atoms with Crippen LogP contribution >= 0.6 is 0 Å². The fourth-order valence-electron chi connectivity index (χ4n) is 2.45. The van der Waals surface area contributed by atoms with Gasteiger partial charge < -0.3 is 10.4 Å². The molecule has 0 aliphatic rings. The van der Waals surface area contributed by atoms with Crippen LogP contribution in [0.25, 0.3) is 0 Å². The van der Waals surface area contributed by atoms with Crippen molar-refractivity contribution in [2.24, 2.45) is 0 Å². The Bertz CT molecular complexity index is 582. The molecule has 2 nitrogen and oxygen atoms in total. The first-order valence-electron chi connectivity index (χ1n) is 6.56. The molecule has 2 aromatic rings. The Morgan fingerprint density at radius 3 is 2.21 bits per heavy atom. The summed E-state index contributed by atoms with van der Waals surface area (Å²) in [6.45, 7) is 8.63. The number of nitrogens with one attached hydrogen (secondary N) is 1. The Hall–Kier alpha value is -1.96. The summed E-state index contributed by atoms with van der Waals surface area (Å²) >= 11 is 0. The predicted octanol–water partition coefficient (Wildman–Crippen LogP) is 3.61. The Labute approximate surface area is 115 Å². The smallest absolute Gasteiger partial charge is 0.0402 e. The molecule has 2 rings (SSSR count). The highest BCUT2D eigenvalue weighted by atomic mass is 16.3. The molecule has 0 radical (unpaired) electrons. The molecular formula is C17H20NO-. The standard InChI is InChI=1S/C17H21NO/c1-11-8-14(4)17(19)15(9-11)10-18-16-12(2)6-5-7-13(16)3/h5-9,18-19H,10H2,1-4H3/p-1. The van der Waals surface area contributed by atoms with Gasteiger partial charge in [0.05, 0.1) is 0 Å². The van der Waals surface area contributed by atoms with Gasteiger partial charge in [-0.25, -0.2) is 0 Å². The topological polar surface area (TPSA) is 35.1 Å². The van der Waals surface area contributed by atoms with E-state index in [1.165, 1.54) is 11.1 Å². The molecule has 0 aliphatic heterocycles. The third kappa shape index (κ3) is 2.90. The SMILES string of the molecule is Cc1cc(C)c([O-])c(CNc2c(C)cccc2C)c1. The van der Waals surface area contributed by atoms with Crippen LogP contribution < -0.4 is 10.4 Å². The molecule has 2 aromatic carbocycles. The molecule has 0 unspecified atom stereocenters. The summed E-state index contributed by atoms with van der Waals surface area (Å²) < 4.78 is 0. The van der Waals surface area contributed by atoms with Crippen molar-refractivity contribution in [2.75, 3.05) is 5.32 Å². The van der Waals surface area contributed by atoms with Crippen molar-refractivity contribution in [3.8, 4) is 5.75 Å². The van der Waals surface area contributed by atoms with Gasteiger partial charge in [-0.15, -0.1) is 5.75 Å². The number of benzene rings is 2. The first-order valence-corrected chi connectivity index (χ1v) is 6.56. The van der Waals surface area contributed by atoms with Crippen LogP contribution in [0.5, 0.6) is 5.75 Å². The number of rotatable bonds is 3. The molecule has 0 atom stereocenters. The van der Waals surface area contributed by atoms with E-state index in [1.54, 1.807) is 0 Å². The van der Waals surface area contributed by atoms with E-state index in [1.807, 2.05) is 32.0 Å². The summed E-state index contributed by atoms with van der Waals surface area (Å²) in [5, 5.41) is 15.5. The summed E-state index contributed by atoms with van der Waals surface area (Å²) in [6.07, 6.45) is 0. The molecule has 2 heteroatoms. The Balaban J connectivity index is 2.24. The molecule has 0 amide bonds. The van der Waals surface area contributed by atoms with E-state index in [0.717, 1.165) is 22.4 Å². The number of hydrogen-bond donors (Lipinski definition) is 1. The van der Waals surface area contributed by atoms with E-state index >= 15 is 0 Å². The number of anilines is 1. The maximum Gasteiger partial charge on any atom is 0.0402 e. The van der Waals surface area contributed by atoms with Crippen molar-refractivity contribution in [3.05, 3.63) is 58.1 Å². The second-order valence-corrected chi connectivity index (χ2v) is 5.19. The molecule has 0 spiro atoms. The zero-order valence-electron chi connectivity index (χ0n) is 12.0.